The maximum atomic E-state index is 12.6. The zero-order chi connectivity index (χ0) is 21.3. The number of hydrogen-bond donors (Lipinski definition) is 3. The van der Waals surface area contributed by atoms with Crippen molar-refractivity contribution >= 4 is 50.2 Å². The van der Waals surface area contributed by atoms with E-state index >= 15 is 0 Å². The van der Waals surface area contributed by atoms with Gasteiger partial charge in [0.2, 0.25) is 0 Å². The summed E-state index contributed by atoms with van der Waals surface area (Å²) < 4.78 is 2.22. The summed E-state index contributed by atoms with van der Waals surface area (Å²) in [4.78, 5) is 29.6. The van der Waals surface area contributed by atoms with Gasteiger partial charge in [-0.25, -0.2) is 4.68 Å². The van der Waals surface area contributed by atoms with Gasteiger partial charge in [0.05, 0.1) is 12.1 Å². The van der Waals surface area contributed by atoms with Crippen molar-refractivity contribution in [2.45, 2.75) is 39.3 Å². The van der Waals surface area contributed by atoms with E-state index in [9.17, 15) is 14.7 Å². The van der Waals surface area contributed by atoms with Crippen LogP contribution in [0.5, 0.6) is 0 Å². The van der Waals surface area contributed by atoms with Crippen LogP contribution < -0.4 is 10.6 Å². The summed E-state index contributed by atoms with van der Waals surface area (Å²) in [5.41, 5.74) is 0.687. The molecule has 0 radical (unpaired) electrons. The highest BCUT2D eigenvalue weighted by molar-refractivity contribution is 7.22. The molecule has 2 heterocycles. The van der Waals surface area contributed by atoms with E-state index in [4.69, 9.17) is 11.6 Å². The smallest absolute Gasteiger partial charge is 0.273 e. The molecule has 0 spiro atoms. The Labute approximate surface area is 176 Å². The molecule has 10 heteroatoms. The highest BCUT2D eigenvalue weighted by atomic mass is 35.5. The lowest BCUT2D eigenvalue weighted by molar-refractivity contribution is 0.0917. The number of carbonyl (C=O) groups excluding carboxylic acids is 2. The van der Waals surface area contributed by atoms with Crippen LogP contribution in [0, 0.1) is 0 Å². The molecule has 29 heavy (non-hydrogen) atoms. The first-order valence-electron chi connectivity index (χ1n) is 8.99. The molecule has 3 rings (SSSR count). The van der Waals surface area contributed by atoms with E-state index in [0.29, 0.717) is 26.1 Å². The Hall–Kier alpha value is -2.49. The molecule has 8 nitrogen and oxygen atoms in total. The fourth-order valence-electron chi connectivity index (χ4n) is 2.61. The largest absolute Gasteiger partial charge is 0.394 e. The number of carbonyl (C=O) groups is 2. The second-order valence-electron chi connectivity index (χ2n) is 7.62. The Morgan fingerprint density at radius 1 is 1.31 bits per heavy atom. The molecule has 0 saturated heterocycles. The molecule has 3 aromatic rings. The molecule has 0 aliphatic heterocycles. The maximum absolute atomic E-state index is 12.6. The molecule has 1 aromatic carbocycles. The highest BCUT2D eigenvalue weighted by Gasteiger charge is 2.27. The molecule has 0 unspecified atom stereocenters. The molecule has 0 fully saturated rings. The minimum atomic E-state index is -0.429. The van der Waals surface area contributed by atoms with Gasteiger partial charge in [0, 0.05) is 16.6 Å². The number of nitrogens with one attached hydrogen (secondary N) is 2. The lowest BCUT2D eigenvalue weighted by Crippen LogP contribution is -2.35. The maximum Gasteiger partial charge on any atom is 0.273 e. The third-order valence-electron chi connectivity index (χ3n) is 4.03. The van der Waals surface area contributed by atoms with Gasteiger partial charge < -0.3 is 10.4 Å². The Morgan fingerprint density at radius 2 is 2.03 bits per heavy atom. The summed E-state index contributed by atoms with van der Waals surface area (Å²) in [5, 5.41) is 19.9. The molecule has 0 aliphatic carbocycles. The number of thiazole rings is 1. The number of anilines is 1. The quantitative estimate of drug-likeness (QED) is 0.569. The molecule has 2 amide bonds. The third kappa shape index (κ3) is 4.58. The minimum Gasteiger partial charge on any atom is -0.394 e. The van der Waals surface area contributed by atoms with Crippen molar-refractivity contribution < 1.29 is 14.7 Å². The van der Waals surface area contributed by atoms with Gasteiger partial charge in [-0.3, -0.25) is 14.9 Å². The lowest BCUT2D eigenvalue weighted by atomic mass is 10.1. The number of aliphatic hydroxyl groups excluding tert-OH is 1. The molecule has 3 N–H and O–H groups in total. The van der Waals surface area contributed by atoms with Gasteiger partial charge in [0.15, 0.2) is 16.5 Å². The van der Waals surface area contributed by atoms with E-state index < -0.39 is 17.5 Å². The monoisotopic (exact) mass is 435 g/mol. The highest BCUT2D eigenvalue weighted by Crippen LogP contribution is 2.32. The fourth-order valence-corrected chi connectivity index (χ4v) is 3.72. The van der Waals surface area contributed by atoms with E-state index in [1.807, 2.05) is 20.8 Å². The Kier molecular flexibility index (Phi) is 5.92. The summed E-state index contributed by atoms with van der Waals surface area (Å²) in [6.45, 7) is 7.35. The average Bonchev–Trinajstić information content (AvgIpc) is 3.19. The second-order valence-corrected chi connectivity index (χ2v) is 9.06. The van der Waals surface area contributed by atoms with Crippen molar-refractivity contribution in [3.8, 4) is 0 Å². The lowest BCUT2D eigenvalue weighted by Gasteiger charge is -2.19. The molecule has 2 aromatic heterocycles. The number of halogens is 1. The topological polar surface area (TPSA) is 109 Å². The normalized spacial score (nSPS) is 12.8. The predicted molar refractivity (Wildman–Crippen MR) is 114 cm³/mol. The third-order valence-corrected chi connectivity index (χ3v) is 5.24. The Balaban J connectivity index is 1.98. The van der Waals surface area contributed by atoms with Crippen LogP contribution in [0.25, 0.3) is 10.3 Å². The number of hydrogen-bond acceptors (Lipinski definition) is 6. The summed E-state index contributed by atoms with van der Waals surface area (Å²) >= 11 is 7.12. The van der Waals surface area contributed by atoms with Crippen LogP contribution in [0.1, 0.15) is 48.5 Å². The number of aliphatic hydroxyl groups is 1. The van der Waals surface area contributed by atoms with Crippen molar-refractivity contribution in [2.24, 2.45) is 0 Å². The van der Waals surface area contributed by atoms with Crippen LogP contribution in [0.4, 0.5) is 5.13 Å². The van der Waals surface area contributed by atoms with Gasteiger partial charge in [-0.05, 0) is 45.9 Å². The summed E-state index contributed by atoms with van der Waals surface area (Å²) in [7, 11) is 0. The van der Waals surface area contributed by atoms with Crippen molar-refractivity contribution in [3.63, 3.8) is 0 Å². The number of aromatic nitrogens is 3. The number of benzene rings is 1. The standard InChI is InChI=1S/C19H22ClN5O3S/c1-10(9-26)21-17(28)13-14-15(25(24-13)19(2,3)4)22-18(29-14)23-16(27)11-6-5-7-12(20)8-11/h5-8,10,26H,9H2,1-4H3,(H,21,28)(H,22,23,27)/t10-/m1/s1. The first-order chi connectivity index (χ1) is 13.6. The average molecular weight is 436 g/mol. The number of rotatable bonds is 5. The zero-order valence-electron chi connectivity index (χ0n) is 16.5. The molecule has 0 bridgehead atoms. The first kappa shape index (κ1) is 21.2. The van der Waals surface area contributed by atoms with E-state index in [-0.39, 0.29) is 18.2 Å². The number of nitrogens with zero attached hydrogens (tertiary/aromatic N) is 3. The van der Waals surface area contributed by atoms with Gasteiger partial charge in [-0.15, -0.1) is 0 Å². The summed E-state index contributed by atoms with van der Waals surface area (Å²) in [5.74, 6) is -0.755. The van der Waals surface area contributed by atoms with Gasteiger partial charge in [0.25, 0.3) is 11.8 Å². The van der Waals surface area contributed by atoms with E-state index in [2.05, 4.69) is 20.7 Å². The van der Waals surface area contributed by atoms with Gasteiger partial charge in [-0.1, -0.05) is 29.0 Å². The Bertz CT molecular complexity index is 1070. The van der Waals surface area contributed by atoms with Crippen molar-refractivity contribution in [3.05, 3.63) is 40.5 Å². The predicted octanol–water partition coefficient (Wildman–Crippen LogP) is 3.26. The van der Waals surface area contributed by atoms with Gasteiger partial charge in [-0.2, -0.15) is 10.1 Å². The van der Waals surface area contributed by atoms with Crippen molar-refractivity contribution in [2.75, 3.05) is 11.9 Å². The molecule has 0 aliphatic rings. The molecular weight excluding hydrogens is 414 g/mol. The number of amides is 2. The van der Waals surface area contributed by atoms with Gasteiger partial charge >= 0.3 is 0 Å². The zero-order valence-corrected chi connectivity index (χ0v) is 18.1. The van der Waals surface area contributed by atoms with Crippen LogP contribution in [0.2, 0.25) is 5.02 Å². The molecule has 154 valence electrons. The van der Waals surface area contributed by atoms with Crippen LogP contribution in [-0.4, -0.2) is 44.3 Å². The van der Waals surface area contributed by atoms with Crippen LogP contribution in [-0.2, 0) is 5.54 Å². The van der Waals surface area contributed by atoms with Gasteiger partial charge in [0.1, 0.15) is 4.70 Å². The number of fused-ring (bicyclic) bond motifs is 1. The fraction of sp³-hybridized carbons (Fsp3) is 0.368. The van der Waals surface area contributed by atoms with Crippen LogP contribution in [0.15, 0.2) is 24.3 Å². The van der Waals surface area contributed by atoms with E-state index in [1.54, 1.807) is 35.9 Å². The minimum absolute atomic E-state index is 0.182. The Morgan fingerprint density at radius 3 is 2.66 bits per heavy atom. The molecular formula is C19H22ClN5O3S. The summed E-state index contributed by atoms with van der Waals surface area (Å²) in [6.07, 6.45) is 0. The summed E-state index contributed by atoms with van der Waals surface area (Å²) in [6, 6.07) is 6.19. The van der Waals surface area contributed by atoms with Crippen LogP contribution >= 0.6 is 22.9 Å². The van der Waals surface area contributed by atoms with E-state index in [0.717, 1.165) is 0 Å². The van der Waals surface area contributed by atoms with E-state index in [1.165, 1.54) is 11.3 Å². The molecule has 1 atom stereocenters. The molecule has 0 saturated carbocycles. The van der Waals surface area contributed by atoms with Crippen LogP contribution in [0.3, 0.4) is 0 Å². The SMILES string of the molecule is C[C@H](CO)NC(=O)c1nn(C(C)(C)C)c2nc(NC(=O)c3cccc(Cl)c3)sc12. The van der Waals surface area contributed by atoms with Crippen molar-refractivity contribution in [1.29, 1.82) is 0 Å². The second kappa shape index (κ2) is 8.10. The first-order valence-corrected chi connectivity index (χ1v) is 10.2. The van der Waals surface area contributed by atoms with Crippen molar-refractivity contribution in [1.82, 2.24) is 20.1 Å².